The molecule has 2 rings (SSSR count). The number of anilines is 1. The molecule has 4 heteroatoms. The molecule has 0 unspecified atom stereocenters. The third-order valence-electron chi connectivity index (χ3n) is 4.21. The van der Waals surface area contributed by atoms with Gasteiger partial charge in [-0.3, -0.25) is 9.69 Å². The van der Waals surface area contributed by atoms with Gasteiger partial charge in [-0.1, -0.05) is 18.2 Å². The Bertz CT molecular complexity index is 467. The maximum atomic E-state index is 12.4. The van der Waals surface area contributed by atoms with Crippen LogP contribution in [0.15, 0.2) is 24.3 Å². The highest BCUT2D eigenvalue weighted by Crippen LogP contribution is 2.16. The molecule has 0 atom stereocenters. The van der Waals surface area contributed by atoms with Crippen LogP contribution in [0.25, 0.3) is 0 Å². The minimum absolute atomic E-state index is 0.248. The summed E-state index contributed by atoms with van der Waals surface area (Å²) in [5.41, 5.74) is 7.92. The van der Waals surface area contributed by atoms with Crippen molar-refractivity contribution in [2.24, 2.45) is 0 Å². The lowest BCUT2D eigenvalue weighted by molar-refractivity contribution is -0.133. The number of nitrogens with two attached hydrogens (primary N) is 1. The quantitative estimate of drug-likeness (QED) is 0.847. The Morgan fingerprint density at radius 3 is 2.52 bits per heavy atom. The van der Waals surface area contributed by atoms with Gasteiger partial charge in [-0.25, -0.2) is 0 Å². The fraction of sp³-hybridized carbons (Fsp3) is 0.588. The van der Waals surface area contributed by atoms with Gasteiger partial charge in [0.05, 0.1) is 6.54 Å². The fourth-order valence-electron chi connectivity index (χ4n) is 2.74. The second kappa shape index (κ2) is 7.46. The van der Waals surface area contributed by atoms with E-state index in [2.05, 4.69) is 18.7 Å². The summed E-state index contributed by atoms with van der Waals surface area (Å²) in [6, 6.07) is 8.21. The average molecular weight is 289 g/mol. The Hall–Kier alpha value is -1.55. The van der Waals surface area contributed by atoms with Gasteiger partial charge in [0.15, 0.2) is 0 Å². The van der Waals surface area contributed by atoms with Gasteiger partial charge in [-0.2, -0.15) is 0 Å². The standard InChI is InChI=1S/C17H27N3O/c1-14(2)20(12-15-8-4-5-9-16(15)18)13-17(21)19-10-6-3-7-11-19/h4-5,8-9,14H,3,6-7,10-13,18H2,1-2H3. The van der Waals surface area contributed by atoms with Gasteiger partial charge >= 0.3 is 0 Å². The molecule has 2 N–H and O–H groups in total. The molecule has 1 aliphatic heterocycles. The van der Waals surface area contributed by atoms with Crippen molar-refractivity contribution in [2.75, 3.05) is 25.4 Å². The highest BCUT2D eigenvalue weighted by molar-refractivity contribution is 5.78. The van der Waals surface area contributed by atoms with Gasteiger partial charge in [0.2, 0.25) is 5.91 Å². The van der Waals surface area contributed by atoms with Crippen LogP contribution in [0.5, 0.6) is 0 Å². The van der Waals surface area contributed by atoms with Gasteiger partial charge in [0.25, 0.3) is 0 Å². The maximum absolute atomic E-state index is 12.4. The molecular formula is C17H27N3O. The third kappa shape index (κ3) is 4.46. The summed E-state index contributed by atoms with van der Waals surface area (Å²) in [5, 5.41) is 0. The van der Waals surface area contributed by atoms with Gasteiger partial charge in [-0.15, -0.1) is 0 Å². The SMILES string of the molecule is CC(C)N(CC(=O)N1CCCCC1)Cc1ccccc1N. The van der Waals surface area contributed by atoms with Crippen molar-refractivity contribution in [1.82, 2.24) is 9.80 Å². The normalized spacial score (nSPS) is 15.7. The second-order valence-corrected chi connectivity index (χ2v) is 6.14. The number of rotatable bonds is 5. The summed E-state index contributed by atoms with van der Waals surface area (Å²) in [5.74, 6) is 0.248. The minimum Gasteiger partial charge on any atom is -0.398 e. The molecule has 1 aromatic rings. The minimum atomic E-state index is 0.248. The second-order valence-electron chi connectivity index (χ2n) is 6.14. The summed E-state index contributed by atoms with van der Waals surface area (Å²) in [6.45, 7) is 7.29. The lowest BCUT2D eigenvalue weighted by atomic mass is 10.1. The molecule has 1 heterocycles. The maximum Gasteiger partial charge on any atom is 0.236 e. The highest BCUT2D eigenvalue weighted by atomic mass is 16.2. The predicted octanol–water partition coefficient (Wildman–Crippen LogP) is 2.49. The summed E-state index contributed by atoms with van der Waals surface area (Å²) < 4.78 is 0. The van der Waals surface area contributed by atoms with Gasteiger partial charge < -0.3 is 10.6 Å². The fourth-order valence-corrected chi connectivity index (χ4v) is 2.74. The molecule has 0 bridgehead atoms. The van der Waals surface area contributed by atoms with Crippen molar-refractivity contribution in [2.45, 2.75) is 45.7 Å². The van der Waals surface area contributed by atoms with Crippen molar-refractivity contribution in [3.05, 3.63) is 29.8 Å². The Morgan fingerprint density at radius 1 is 1.24 bits per heavy atom. The van der Waals surface area contributed by atoms with Gasteiger partial charge in [-0.05, 0) is 44.7 Å². The molecule has 1 fully saturated rings. The van der Waals surface area contributed by atoms with E-state index in [4.69, 9.17) is 5.73 Å². The molecule has 1 amide bonds. The number of hydrogen-bond donors (Lipinski definition) is 1. The molecule has 116 valence electrons. The van der Waals surface area contributed by atoms with Crippen LogP contribution in [0.1, 0.15) is 38.7 Å². The number of nitrogen functional groups attached to an aromatic ring is 1. The van der Waals surface area contributed by atoms with Crippen LogP contribution in [0, 0.1) is 0 Å². The highest BCUT2D eigenvalue weighted by Gasteiger charge is 2.21. The van der Waals surface area contributed by atoms with Crippen molar-refractivity contribution < 1.29 is 4.79 Å². The third-order valence-corrected chi connectivity index (χ3v) is 4.21. The van der Waals surface area contributed by atoms with Crippen molar-refractivity contribution >= 4 is 11.6 Å². The molecule has 0 saturated carbocycles. The summed E-state index contributed by atoms with van der Waals surface area (Å²) in [7, 11) is 0. The monoisotopic (exact) mass is 289 g/mol. The molecule has 0 aromatic heterocycles. The van der Waals surface area contributed by atoms with E-state index < -0.39 is 0 Å². The molecule has 1 aromatic carbocycles. The van der Waals surface area contributed by atoms with Crippen LogP contribution in [0.2, 0.25) is 0 Å². The van der Waals surface area contributed by atoms with E-state index >= 15 is 0 Å². The van der Waals surface area contributed by atoms with E-state index in [1.165, 1.54) is 6.42 Å². The smallest absolute Gasteiger partial charge is 0.236 e. The number of nitrogens with zero attached hydrogens (tertiary/aromatic N) is 2. The Labute approximate surface area is 127 Å². The van der Waals surface area contributed by atoms with Gasteiger partial charge in [0.1, 0.15) is 0 Å². The van der Waals surface area contributed by atoms with E-state index in [-0.39, 0.29) is 5.91 Å². The van der Waals surface area contributed by atoms with Crippen LogP contribution in [0.3, 0.4) is 0 Å². The molecule has 4 nitrogen and oxygen atoms in total. The first-order chi connectivity index (χ1) is 10.1. The zero-order valence-electron chi connectivity index (χ0n) is 13.2. The van der Waals surface area contributed by atoms with Crippen LogP contribution in [-0.2, 0) is 11.3 Å². The zero-order valence-corrected chi connectivity index (χ0v) is 13.2. The number of carbonyl (C=O) groups excluding carboxylic acids is 1. The zero-order chi connectivity index (χ0) is 15.2. The predicted molar refractivity (Wildman–Crippen MR) is 86.8 cm³/mol. The first-order valence-corrected chi connectivity index (χ1v) is 7.93. The van der Waals surface area contributed by atoms with E-state index in [1.807, 2.05) is 29.2 Å². The number of likely N-dealkylation sites (tertiary alicyclic amines) is 1. The molecule has 21 heavy (non-hydrogen) atoms. The summed E-state index contributed by atoms with van der Waals surface area (Å²) in [4.78, 5) is 16.6. The molecule has 1 aliphatic rings. The van der Waals surface area contributed by atoms with Crippen molar-refractivity contribution in [3.8, 4) is 0 Å². The molecule has 0 spiro atoms. The van der Waals surface area contributed by atoms with E-state index in [1.54, 1.807) is 0 Å². The molecule has 0 aliphatic carbocycles. The number of para-hydroxylation sites is 1. The Balaban J connectivity index is 1.99. The largest absolute Gasteiger partial charge is 0.398 e. The van der Waals surface area contributed by atoms with E-state index in [9.17, 15) is 4.79 Å². The Morgan fingerprint density at radius 2 is 1.90 bits per heavy atom. The summed E-state index contributed by atoms with van der Waals surface area (Å²) in [6.07, 6.45) is 3.52. The summed E-state index contributed by atoms with van der Waals surface area (Å²) >= 11 is 0. The number of carbonyl (C=O) groups is 1. The average Bonchev–Trinajstić information content (AvgIpc) is 2.49. The van der Waals surface area contributed by atoms with Crippen LogP contribution in [-0.4, -0.2) is 41.4 Å². The molecular weight excluding hydrogens is 262 g/mol. The lowest BCUT2D eigenvalue weighted by Gasteiger charge is -2.32. The number of benzene rings is 1. The first kappa shape index (κ1) is 15.8. The van der Waals surface area contributed by atoms with Gasteiger partial charge in [0, 0.05) is 31.4 Å². The first-order valence-electron chi connectivity index (χ1n) is 7.93. The number of piperidine rings is 1. The van der Waals surface area contributed by atoms with Crippen LogP contribution < -0.4 is 5.73 Å². The number of amides is 1. The lowest BCUT2D eigenvalue weighted by Crippen LogP contribution is -2.44. The molecule has 1 saturated heterocycles. The van der Waals surface area contributed by atoms with Crippen LogP contribution >= 0.6 is 0 Å². The topological polar surface area (TPSA) is 49.6 Å². The van der Waals surface area contributed by atoms with Crippen molar-refractivity contribution in [1.29, 1.82) is 0 Å². The Kier molecular flexibility index (Phi) is 5.62. The van der Waals surface area contributed by atoms with E-state index in [0.717, 1.165) is 43.7 Å². The van der Waals surface area contributed by atoms with E-state index in [0.29, 0.717) is 12.6 Å². The molecule has 0 radical (unpaired) electrons. The number of hydrogen-bond acceptors (Lipinski definition) is 3. The van der Waals surface area contributed by atoms with Crippen LogP contribution in [0.4, 0.5) is 5.69 Å². The van der Waals surface area contributed by atoms with Crippen molar-refractivity contribution in [3.63, 3.8) is 0 Å².